The maximum atomic E-state index is 6.11. The fourth-order valence-electron chi connectivity index (χ4n) is 1.98. The average molecular weight is 345 g/mol. The first-order valence-corrected chi connectivity index (χ1v) is 7.75. The van der Waals surface area contributed by atoms with E-state index in [4.69, 9.17) is 39.5 Å². The van der Waals surface area contributed by atoms with Gasteiger partial charge in [0.15, 0.2) is 0 Å². The molecule has 5 heteroatoms. The van der Waals surface area contributed by atoms with Crippen molar-refractivity contribution in [3.8, 4) is 5.75 Å². The highest BCUT2D eigenvalue weighted by Gasteiger charge is 2.33. The SMILES string of the molecule is CCOc1ccc(NC(c2ccccc2)C(Cl)(Cl)Cl)cc1. The largest absolute Gasteiger partial charge is 0.494 e. The van der Waals surface area contributed by atoms with Crippen molar-refractivity contribution < 1.29 is 4.74 Å². The molecule has 1 N–H and O–H groups in total. The number of anilines is 1. The maximum absolute atomic E-state index is 6.11. The van der Waals surface area contributed by atoms with Crippen LogP contribution in [0.1, 0.15) is 18.5 Å². The Morgan fingerprint density at radius 2 is 1.62 bits per heavy atom. The molecule has 21 heavy (non-hydrogen) atoms. The minimum Gasteiger partial charge on any atom is -0.494 e. The average Bonchev–Trinajstić information content (AvgIpc) is 2.46. The molecule has 0 aliphatic rings. The number of alkyl halides is 3. The standard InChI is InChI=1S/C16H16Cl3NO/c1-2-21-14-10-8-13(9-11-14)20-15(16(17,18)19)12-6-4-3-5-7-12/h3-11,15,20H,2H2,1H3. The van der Waals surface area contributed by atoms with E-state index in [0.29, 0.717) is 6.61 Å². The molecule has 2 nitrogen and oxygen atoms in total. The second kappa shape index (κ2) is 7.26. The fourth-order valence-corrected chi connectivity index (χ4v) is 2.52. The molecule has 0 aliphatic carbocycles. The fraction of sp³-hybridized carbons (Fsp3) is 0.250. The number of nitrogens with one attached hydrogen (secondary N) is 1. The highest BCUT2D eigenvalue weighted by atomic mass is 35.6. The quantitative estimate of drug-likeness (QED) is 0.712. The molecule has 1 unspecified atom stereocenters. The second-order valence-electron chi connectivity index (χ2n) is 4.49. The highest BCUT2D eigenvalue weighted by molar-refractivity contribution is 6.68. The van der Waals surface area contributed by atoms with Crippen molar-refractivity contribution in [2.75, 3.05) is 11.9 Å². The van der Waals surface area contributed by atoms with Crippen LogP contribution in [-0.2, 0) is 0 Å². The van der Waals surface area contributed by atoms with Crippen molar-refractivity contribution in [1.82, 2.24) is 0 Å². The van der Waals surface area contributed by atoms with Crippen molar-refractivity contribution >= 4 is 40.5 Å². The van der Waals surface area contributed by atoms with Gasteiger partial charge < -0.3 is 10.1 Å². The molecule has 0 aromatic heterocycles. The normalized spacial score (nSPS) is 12.8. The number of halogens is 3. The summed E-state index contributed by atoms with van der Waals surface area (Å²) in [4.78, 5) is 0. The van der Waals surface area contributed by atoms with Gasteiger partial charge in [-0.3, -0.25) is 0 Å². The van der Waals surface area contributed by atoms with Crippen LogP contribution in [0.5, 0.6) is 5.75 Å². The third-order valence-electron chi connectivity index (χ3n) is 2.94. The lowest BCUT2D eigenvalue weighted by Gasteiger charge is -2.27. The number of hydrogen-bond acceptors (Lipinski definition) is 2. The van der Waals surface area contributed by atoms with E-state index in [1.807, 2.05) is 61.5 Å². The van der Waals surface area contributed by atoms with Gasteiger partial charge in [-0.25, -0.2) is 0 Å². The molecule has 0 heterocycles. The third-order valence-corrected chi connectivity index (χ3v) is 3.59. The molecule has 2 rings (SSSR count). The van der Waals surface area contributed by atoms with E-state index in [0.717, 1.165) is 17.0 Å². The van der Waals surface area contributed by atoms with Gasteiger partial charge in [-0.1, -0.05) is 65.1 Å². The lowest BCUT2D eigenvalue weighted by Crippen LogP contribution is -2.25. The molecule has 0 spiro atoms. The van der Waals surface area contributed by atoms with Crippen LogP contribution in [0.3, 0.4) is 0 Å². The van der Waals surface area contributed by atoms with Gasteiger partial charge in [0.2, 0.25) is 3.79 Å². The Bertz CT molecular complexity index is 552. The summed E-state index contributed by atoms with van der Waals surface area (Å²) in [5.41, 5.74) is 1.77. The van der Waals surface area contributed by atoms with Gasteiger partial charge in [0.1, 0.15) is 5.75 Å². The van der Waals surface area contributed by atoms with Gasteiger partial charge in [-0.15, -0.1) is 0 Å². The number of rotatable bonds is 5. The minimum absolute atomic E-state index is 0.443. The van der Waals surface area contributed by atoms with Gasteiger partial charge in [-0.05, 0) is 36.8 Å². The van der Waals surface area contributed by atoms with E-state index in [1.54, 1.807) is 0 Å². The molecule has 2 aromatic carbocycles. The second-order valence-corrected chi connectivity index (χ2v) is 6.86. The summed E-state index contributed by atoms with van der Waals surface area (Å²) >= 11 is 18.3. The Morgan fingerprint density at radius 3 is 2.14 bits per heavy atom. The highest BCUT2D eigenvalue weighted by Crippen LogP contribution is 2.41. The molecule has 0 radical (unpaired) electrons. The van der Waals surface area contributed by atoms with Crippen LogP contribution in [0.15, 0.2) is 54.6 Å². The van der Waals surface area contributed by atoms with Crippen LogP contribution in [0, 0.1) is 0 Å². The van der Waals surface area contributed by atoms with Gasteiger partial charge in [0, 0.05) is 5.69 Å². The molecule has 0 amide bonds. The Labute approximate surface area is 140 Å². The molecule has 112 valence electrons. The Kier molecular flexibility index (Phi) is 5.63. The lowest BCUT2D eigenvalue weighted by molar-refractivity contribution is 0.340. The maximum Gasteiger partial charge on any atom is 0.214 e. The number of hydrogen-bond donors (Lipinski definition) is 1. The summed E-state index contributed by atoms with van der Waals surface area (Å²) in [6.07, 6.45) is 0. The summed E-state index contributed by atoms with van der Waals surface area (Å²) in [6, 6.07) is 16.7. The summed E-state index contributed by atoms with van der Waals surface area (Å²) < 4.78 is 3.95. The molecule has 0 fully saturated rings. The van der Waals surface area contributed by atoms with Crippen LogP contribution in [0.4, 0.5) is 5.69 Å². The summed E-state index contributed by atoms with van der Waals surface area (Å²) in [5.74, 6) is 0.813. The first-order chi connectivity index (χ1) is 10.0. The Balaban J connectivity index is 2.20. The van der Waals surface area contributed by atoms with Crippen molar-refractivity contribution in [2.45, 2.75) is 16.8 Å². The van der Waals surface area contributed by atoms with Crippen LogP contribution >= 0.6 is 34.8 Å². The van der Waals surface area contributed by atoms with Gasteiger partial charge in [0.05, 0.1) is 12.6 Å². The van der Waals surface area contributed by atoms with E-state index in [1.165, 1.54) is 0 Å². The Morgan fingerprint density at radius 1 is 1.00 bits per heavy atom. The summed E-state index contributed by atoms with van der Waals surface area (Å²) in [5, 5.41) is 3.25. The van der Waals surface area contributed by atoms with Crippen molar-refractivity contribution in [2.24, 2.45) is 0 Å². The molecular formula is C16H16Cl3NO. The predicted molar refractivity (Wildman–Crippen MR) is 90.7 cm³/mol. The van der Waals surface area contributed by atoms with Crippen LogP contribution in [0.25, 0.3) is 0 Å². The van der Waals surface area contributed by atoms with Crippen molar-refractivity contribution in [3.05, 3.63) is 60.2 Å². The summed E-state index contributed by atoms with van der Waals surface area (Å²) in [6.45, 7) is 2.58. The van der Waals surface area contributed by atoms with E-state index < -0.39 is 9.83 Å². The molecule has 0 saturated carbocycles. The van der Waals surface area contributed by atoms with Crippen LogP contribution < -0.4 is 10.1 Å². The molecule has 0 bridgehead atoms. The van der Waals surface area contributed by atoms with Gasteiger partial charge in [0.25, 0.3) is 0 Å². The van der Waals surface area contributed by atoms with Crippen molar-refractivity contribution in [1.29, 1.82) is 0 Å². The van der Waals surface area contributed by atoms with E-state index in [9.17, 15) is 0 Å². The molecule has 0 saturated heterocycles. The molecular weight excluding hydrogens is 329 g/mol. The van der Waals surface area contributed by atoms with E-state index in [2.05, 4.69) is 5.32 Å². The van der Waals surface area contributed by atoms with Gasteiger partial charge in [-0.2, -0.15) is 0 Å². The zero-order chi connectivity index (χ0) is 15.3. The lowest BCUT2D eigenvalue weighted by atomic mass is 10.1. The molecule has 2 aromatic rings. The number of benzene rings is 2. The smallest absolute Gasteiger partial charge is 0.214 e. The zero-order valence-electron chi connectivity index (χ0n) is 11.5. The summed E-state index contributed by atoms with van der Waals surface area (Å²) in [7, 11) is 0. The van der Waals surface area contributed by atoms with Crippen molar-refractivity contribution in [3.63, 3.8) is 0 Å². The van der Waals surface area contributed by atoms with E-state index in [-0.39, 0.29) is 0 Å². The van der Waals surface area contributed by atoms with Crippen LogP contribution in [-0.4, -0.2) is 10.4 Å². The molecule has 1 atom stereocenters. The molecule has 0 aliphatic heterocycles. The van der Waals surface area contributed by atoms with E-state index >= 15 is 0 Å². The topological polar surface area (TPSA) is 21.3 Å². The predicted octanol–water partition coefficient (Wildman–Crippen LogP) is 5.61. The number of ether oxygens (including phenoxy) is 1. The van der Waals surface area contributed by atoms with Crippen LogP contribution in [0.2, 0.25) is 0 Å². The van der Waals surface area contributed by atoms with Gasteiger partial charge >= 0.3 is 0 Å². The first-order valence-electron chi connectivity index (χ1n) is 6.61. The first kappa shape index (κ1) is 16.3. The Hall–Kier alpha value is -1.09. The monoisotopic (exact) mass is 343 g/mol. The minimum atomic E-state index is -1.46. The zero-order valence-corrected chi connectivity index (χ0v) is 13.8. The third kappa shape index (κ3) is 4.70.